The van der Waals surface area contributed by atoms with Gasteiger partial charge in [-0.25, -0.2) is 8.42 Å². The van der Waals surface area contributed by atoms with Crippen LogP contribution in [0.15, 0.2) is 12.7 Å². The Morgan fingerprint density at radius 1 is 1.33 bits per heavy atom. The highest BCUT2D eigenvalue weighted by molar-refractivity contribution is 7.89. The first-order chi connectivity index (χ1) is 8.61. The molecule has 0 amide bonds. The zero-order valence-electron chi connectivity index (χ0n) is 11.4. The summed E-state index contributed by atoms with van der Waals surface area (Å²) in [6.07, 6.45) is 6.47. The van der Waals surface area contributed by atoms with Crippen molar-refractivity contribution in [2.45, 2.75) is 45.1 Å². The quantitative estimate of drug-likeness (QED) is 0.461. The zero-order valence-corrected chi connectivity index (χ0v) is 12.2. The maximum absolute atomic E-state index is 12.1. The van der Waals surface area contributed by atoms with Crippen LogP contribution < -0.4 is 5.32 Å². The highest BCUT2D eigenvalue weighted by Gasteiger charge is 2.35. The fourth-order valence-electron chi connectivity index (χ4n) is 1.93. The summed E-state index contributed by atoms with van der Waals surface area (Å²) in [5, 5.41) is 3.29. The first-order valence-corrected chi connectivity index (χ1v) is 8.54. The Labute approximate surface area is 111 Å². The maximum atomic E-state index is 12.1. The van der Waals surface area contributed by atoms with Gasteiger partial charge in [-0.05, 0) is 45.2 Å². The van der Waals surface area contributed by atoms with Crippen LogP contribution in [0.3, 0.4) is 0 Å². The standard InChI is InChI=1S/C13H26N2O2S/c1-3-9-14-10-5-6-12-18(16,17)15(11-4-2)13-7-8-13/h4,13-14H,2-3,5-12H2,1H3. The van der Waals surface area contributed by atoms with Gasteiger partial charge in [-0.1, -0.05) is 13.0 Å². The molecule has 0 aromatic heterocycles. The number of hydrogen-bond acceptors (Lipinski definition) is 3. The molecule has 0 unspecified atom stereocenters. The summed E-state index contributed by atoms with van der Waals surface area (Å²) >= 11 is 0. The second kappa shape index (κ2) is 7.92. The summed E-state index contributed by atoms with van der Waals surface area (Å²) in [6.45, 7) is 8.15. The van der Waals surface area contributed by atoms with Crippen molar-refractivity contribution in [2.75, 3.05) is 25.4 Å². The van der Waals surface area contributed by atoms with E-state index in [0.29, 0.717) is 6.54 Å². The molecule has 1 N–H and O–H groups in total. The normalized spacial score (nSPS) is 16.1. The van der Waals surface area contributed by atoms with Crippen molar-refractivity contribution >= 4 is 10.0 Å². The average molecular weight is 274 g/mol. The summed E-state index contributed by atoms with van der Waals surface area (Å²) in [4.78, 5) is 0. The Balaban J connectivity index is 2.27. The Hall–Kier alpha value is -0.390. The minimum atomic E-state index is -3.08. The summed E-state index contributed by atoms with van der Waals surface area (Å²) in [6, 6.07) is 0.242. The third-order valence-electron chi connectivity index (χ3n) is 3.05. The molecular weight excluding hydrogens is 248 g/mol. The van der Waals surface area contributed by atoms with Crippen LogP contribution in [0.5, 0.6) is 0 Å². The molecule has 0 heterocycles. The molecule has 1 fully saturated rings. The molecule has 0 aromatic carbocycles. The fraction of sp³-hybridized carbons (Fsp3) is 0.846. The molecule has 0 saturated heterocycles. The van der Waals surface area contributed by atoms with Crippen molar-refractivity contribution in [1.82, 2.24) is 9.62 Å². The molecule has 1 rings (SSSR count). The van der Waals surface area contributed by atoms with E-state index in [1.165, 1.54) is 0 Å². The highest BCUT2D eigenvalue weighted by atomic mass is 32.2. The van der Waals surface area contributed by atoms with Crippen LogP contribution in [0.4, 0.5) is 0 Å². The van der Waals surface area contributed by atoms with Gasteiger partial charge in [0.2, 0.25) is 10.0 Å². The van der Waals surface area contributed by atoms with E-state index in [2.05, 4.69) is 18.8 Å². The van der Waals surface area contributed by atoms with Crippen LogP contribution in [0.25, 0.3) is 0 Å². The molecule has 1 aliphatic carbocycles. The molecule has 5 heteroatoms. The topological polar surface area (TPSA) is 49.4 Å². The van der Waals surface area contributed by atoms with Gasteiger partial charge < -0.3 is 5.32 Å². The van der Waals surface area contributed by atoms with Gasteiger partial charge in [0.25, 0.3) is 0 Å². The van der Waals surface area contributed by atoms with E-state index in [9.17, 15) is 8.42 Å². The number of sulfonamides is 1. The first-order valence-electron chi connectivity index (χ1n) is 6.93. The van der Waals surface area contributed by atoms with Gasteiger partial charge in [0, 0.05) is 12.6 Å². The van der Waals surface area contributed by atoms with Crippen molar-refractivity contribution in [3.05, 3.63) is 12.7 Å². The molecule has 1 aliphatic rings. The fourth-order valence-corrected chi connectivity index (χ4v) is 3.73. The lowest BCUT2D eigenvalue weighted by Gasteiger charge is -2.20. The molecule has 4 nitrogen and oxygen atoms in total. The van der Waals surface area contributed by atoms with Gasteiger partial charge in [0.1, 0.15) is 0 Å². The Bertz CT molecular complexity index is 337. The van der Waals surface area contributed by atoms with E-state index in [1.54, 1.807) is 10.4 Å². The van der Waals surface area contributed by atoms with E-state index in [-0.39, 0.29) is 11.8 Å². The first kappa shape index (κ1) is 15.7. The maximum Gasteiger partial charge on any atom is 0.214 e. The largest absolute Gasteiger partial charge is 0.317 e. The van der Waals surface area contributed by atoms with Gasteiger partial charge in [0.05, 0.1) is 5.75 Å². The van der Waals surface area contributed by atoms with Crippen molar-refractivity contribution in [2.24, 2.45) is 0 Å². The summed E-state index contributed by atoms with van der Waals surface area (Å²) in [5.41, 5.74) is 0. The molecule has 0 radical (unpaired) electrons. The molecule has 1 saturated carbocycles. The molecule has 0 atom stereocenters. The van der Waals surface area contributed by atoms with E-state index in [0.717, 1.165) is 45.2 Å². The summed E-state index contributed by atoms with van der Waals surface area (Å²) < 4.78 is 25.9. The highest BCUT2D eigenvalue weighted by Crippen LogP contribution is 2.29. The van der Waals surface area contributed by atoms with Crippen LogP contribution in [0.2, 0.25) is 0 Å². The van der Waals surface area contributed by atoms with E-state index in [4.69, 9.17) is 0 Å². The molecule has 18 heavy (non-hydrogen) atoms. The van der Waals surface area contributed by atoms with E-state index >= 15 is 0 Å². The molecule has 0 aromatic rings. The zero-order chi connectivity index (χ0) is 13.4. The van der Waals surface area contributed by atoms with Crippen LogP contribution in [0.1, 0.15) is 39.0 Å². The van der Waals surface area contributed by atoms with Crippen molar-refractivity contribution in [1.29, 1.82) is 0 Å². The lowest BCUT2D eigenvalue weighted by atomic mass is 10.3. The average Bonchev–Trinajstić information content (AvgIpc) is 3.14. The number of rotatable bonds is 11. The SMILES string of the molecule is C=CCN(C1CC1)S(=O)(=O)CCCCNCCC. The third-order valence-corrected chi connectivity index (χ3v) is 5.02. The predicted octanol–water partition coefficient (Wildman–Crippen LogP) is 1.75. The van der Waals surface area contributed by atoms with Gasteiger partial charge in [-0.3, -0.25) is 0 Å². The molecule has 106 valence electrons. The number of nitrogens with one attached hydrogen (secondary N) is 1. The van der Waals surface area contributed by atoms with E-state index < -0.39 is 10.0 Å². The molecule has 0 bridgehead atoms. The second-order valence-corrected chi connectivity index (χ2v) is 6.90. The number of nitrogens with zero attached hydrogens (tertiary/aromatic N) is 1. The number of unbranched alkanes of at least 4 members (excludes halogenated alkanes) is 1. The summed E-state index contributed by atoms with van der Waals surface area (Å²) in [7, 11) is -3.08. The van der Waals surface area contributed by atoms with Gasteiger partial charge in [-0.15, -0.1) is 6.58 Å². The lowest BCUT2D eigenvalue weighted by Crippen LogP contribution is -2.35. The Morgan fingerprint density at radius 2 is 2.06 bits per heavy atom. The summed E-state index contributed by atoms with van der Waals surface area (Å²) in [5.74, 6) is 0.269. The monoisotopic (exact) mass is 274 g/mol. The minimum absolute atomic E-state index is 0.242. The molecular formula is C13H26N2O2S. The van der Waals surface area contributed by atoms with Gasteiger partial charge >= 0.3 is 0 Å². The van der Waals surface area contributed by atoms with Crippen molar-refractivity contribution in [3.63, 3.8) is 0 Å². The second-order valence-electron chi connectivity index (χ2n) is 4.86. The van der Waals surface area contributed by atoms with Crippen LogP contribution in [-0.2, 0) is 10.0 Å². The molecule has 0 aliphatic heterocycles. The smallest absolute Gasteiger partial charge is 0.214 e. The third kappa shape index (κ3) is 5.50. The van der Waals surface area contributed by atoms with Gasteiger partial charge in [-0.2, -0.15) is 4.31 Å². The molecule has 0 spiro atoms. The Kier molecular flexibility index (Phi) is 6.89. The van der Waals surface area contributed by atoms with Crippen LogP contribution >= 0.6 is 0 Å². The lowest BCUT2D eigenvalue weighted by molar-refractivity contribution is 0.434. The van der Waals surface area contributed by atoms with E-state index in [1.807, 2.05) is 0 Å². The van der Waals surface area contributed by atoms with Crippen molar-refractivity contribution < 1.29 is 8.42 Å². The Morgan fingerprint density at radius 3 is 2.61 bits per heavy atom. The minimum Gasteiger partial charge on any atom is -0.317 e. The van der Waals surface area contributed by atoms with Crippen LogP contribution in [0, 0.1) is 0 Å². The van der Waals surface area contributed by atoms with Gasteiger partial charge in [0.15, 0.2) is 0 Å². The number of hydrogen-bond donors (Lipinski definition) is 1. The van der Waals surface area contributed by atoms with Crippen molar-refractivity contribution in [3.8, 4) is 0 Å². The predicted molar refractivity (Wildman–Crippen MR) is 76.1 cm³/mol. The van der Waals surface area contributed by atoms with Crippen LogP contribution in [-0.4, -0.2) is 44.2 Å².